The van der Waals surface area contributed by atoms with Gasteiger partial charge in [0.1, 0.15) is 0 Å². The Labute approximate surface area is 126 Å². The highest BCUT2D eigenvalue weighted by Gasteiger charge is 2.13. The van der Waals surface area contributed by atoms with Crippen molar-refractivity contribution < 1.29 is 9.15 Å². The van der Waals surface area contributed by atoms with E-state index >= 15 is 0 Å². The summed E-state index contributed by atoms with van der Waals surface area (Å²) in [6, 6.07) is 14.9. The van der Waals surface area contributed by atoms with Gasteiger partial charge in [-0.05, 0) is 23.3 Å². The van der Waals surface area contributed by atoms with E-state index in [1.165, 1.54) is 0 Å². The fourth-order valence-electron chi connectivity index (χ4n) is 2.33. The Bertz CT molecular complexity index is 838. The minimum absolute atomic E-state index is 0.336. The Morgan fingerprint density at radius 2 is 1.90 bits per heavy atom. The molecular formula is C17H13ClO3. The van der Waals surface area contributed by atoms with Gasteiger partial charge in [-0.2, -0.15) is 0 Å². The van der Waals surface area contributed by atoms with Gasteiger partial charge >= 0.3 is 5.63 Å². The van der Waals surface area contributed by atoms with Crippen molar-refractivity contribution in [1.82, 2.24) is 0 Å². The van der Waals surface area contributed by atoms with Crippen LogP contribution in [0.1, 0.15) is 5.56 Å². The molecular weight excluding hydrogens is 288 g/mol. The average molecular weight is 301 g/mol. The second-order valence-electron chi connectivity index (χ2n) is 4.62. The van der Waals surface area contributed by atoms with E-state index in [0.717, 1.165) is 16.5 Å². The highest BCUT2D eigenvalue weighted by Crippen LogP contribution is 2.31. The highest BCUT2D eigenvalue weighted by molar-refractivity contribution is 6.18. The van der Waals surface area contributed by atoms with Gasteiger partial charge in [-0.15, -0.1) is 11.6 Å². The average Bonchev–Trinajstić information content (AvgIpc) is 2.54. The lowest BCUT2D eigenvalue weighted by Crippen LogP contribution is -2.04. The molecule has 3 nitrogen and oxygen atoms in total. The summed E-state index contributed by atoms with van der Waals surface area (Å²) in [5, 5.41) is 0.794. The summed E-state index contributed by atoms with van der Waals surface area (Å²) >= 11 is 5.98. The first-order valence-electron chi connectivity index (χ1n) is 6.49. The van der Waals surface area contributed by atoms with Gasteiger partial charge in [0.05, 0.1) is 12.7 Å². The Hall–Kier alpha value is -2.26. The molecule has 0 aliphatic carbocycles. The molecule has 0 bridgehead atoms. The van der Waals surface area contributed by atoms with Crippen LogP contribution in [0.5, 0.6) is 5.75 Å². The predicted octanol–water partition coefficient (Wildman–Crippen LogP) is 4.21. The molecule has 0 saturated heterocycles. The van der Waals surface area contributed by atoms with Crippen molar-refractivity contribution in [3.05, 3.63) is 64.5 Å². The zero-order chi connectivity index (χ0) is 14.8. The fourth-order valence-corrected chi connectivity index (χ4v) is 2.56. The normalized spacial score (nSPS) is 10.8. The molecule has 4 heteroatoms. The fraction of sp³-hybridized carbons (Fsp3) is 0.118. The van der Waals surface area contributed by atoms with Crippen molar-refractivity contribution in [1.29, 1.82) is 0 Å². The van der Waals surface area contributed by atoms with Gasteiger partial charge in [0.25, 0.3) is 0 Å². The third-order valence-electron chi connectivity index (χ3n) is 3.40. The van der Waals surface area contributed by atoms with Crippen LogP contribution in [-0.4, -0.2) is 7.11 Å². The van der Waals surface area contributed by atoms with E-state index in [1.807, 2.05) is 42.5 Å². The van der Waals surface area contributed by atoms with E-state index in [9.17, 15) is 4.79 Å². The second-order valence-corrected chi connectivity index (χ2v) is 4.88. The van der Waals surface area contributed by atoms with Gasteiger partial charge in [-0.25, -0.2) is 4.79 Å². The molecule has 1 heterocycles. The molecule has 0 N–H and O–H groups in total. The summed E-state index contributed by atoms with van der Waals surface area (Å²) in [6.45, 7) is 0. The summed E-state index contributed by atoms with van der Waals surface area (Å²) in [4.78, 5) is 12.2. The van der Waals surface area contributed by atoms with Crippen LogP contribution in [0.25, 0.3) is 22.1 Å². The maximum absolute atomic E-state index is 12.2. The molecule has 0 radical (unpaired) electrons. The minimum Gasteiger partial charge on any atom is -0.493 e. The van der Waals surface area contributed by atoms with Crippen molar-refractivity contribution in [2.45, 2.75) is 5.88 Å². The number of hydrogen-bond acceptors (Lipinski definition) is 3. The van der Waals surface area contributed by atoms with E-state index in [1.54, 1.807) is 13.2 Å². The van der Waals surface area contributed by atoms with Crippen LogP contribution in [0.4, 0.5) is 0 Å². The summed E-state index contributed by atoms with van der Waals surface area (Å²) in [5.74, 6) is 0.859. The largest absolute Gasteiger partial charge is 0.493 e. The number of alkyl halides is 1. The van der Waals surface area contributed by atoms with Crippen molar-refractivity contribution >= 4 is 22.6 Å². The van der Waals surface area contributed by atoms with Crippen LogP contribution in [0.15, 0.2) is 57.7 Å². The third kappa shape index (κ3) is 2.41. The molecule has 0 amide bonds. The van der Waals surface area contributed by atoms with Crippen molar-refractivity contribution in [3.8, 4) is 16.9 Å². The molecule has 0 spiro atoms. The number of halogens is 1. The smallest absolute Gasteiger partial charge is 0.344 e. The van der Waals surface area contributed by atoms with E-state index in [2.05, 4.69) is 0 Å². The summed E-state index contributed by atoms with van der Waals surface area (Å²) in [7, 11) is 1.54. The lowest BCUT2D eigenvalue weighted by atomic mass is 10.0. The first kappa shape index (κ1) is 13.7. The Morgan fingerprint density at radius 3 is 2.57 bits per heavy atom. The van der Waals surface area contributed by atoms with Crippen molar-refractivity contribution in [2.75, 3.05) is 7.11 Å². The maximum atomic E-state index is 12.2. The molecule has 2 aromatic carbocycles. The van der Waals surface area contributed by atoms with Gasteiger partial charge in [0.15, 0.2) is 11.3 Å². The zero-order valence-electron chi connectivity index (χ0n) is 11.4. The molecule has 0 unspecified atom stereocenters. The van der Waals surface area contributed by atoms with Crippen LogP contribution < -0.4 is 10.4 Å². The first-order valence-corrected chi connectivity index (χ1v) is 7.03. The van der Waals surface area contributed by atoms with Crippen LogP contribution in [0.2, 0.25) is 0 Å². The van der Waals surface area contributed by atoms with E-state index in [-0.39, 0.29) is 0 Å². The van der Waals surface area contributed by atoms with Crippen LogP contribution in [0.3, 0.4) is 0 Å². The molecule has 0 aliphatic rings. The maximum Gasteiger partial charge on any atom is 0.344 e. The SMILES string of the molecule is COc1ccc(CCl)c2cc(-c3ccccc3)c(=O)oc12. The zero-order valence-corrected chi connectivity index (χ0v) is 12.2. The summed E-state index contributed by atoms with van der Waals surface area (Å²) in [6.07, 6.45) is 0. The standard InChI is InChI=1S/C17H13ClO3/c1-20-15-8-7-12(10-18)13-9-14(17(19)21-16(13)15)11-5-3-2-4-6-11/h2-9H,10H2,1H3. The molecule has 0 fully saturated rings. The third-order valence-corrected chi connectivity index (χ3v) is 3.69. The Kier molecular flexibility index (Phi) is 3.67. The summed E-state index contributed by atoms with van der Waals surface area (Å²) < 4.78 is 10.7. The molecule has 106 valence electrons. The number of ether oxygens (including phenoxy) is 1. The van der Waals surface area contributed by atoms with E-state index in [4.69, 9.17) is 20.8 Å². The number of methoxy groups -OCH3 is 1. The lowest BCUT2D eigenvalue weighted by Gasteiger charge is -2.09. The minimum atomic E-state index is -0.390. The molecule has 21 heavy (non-hydrogen) atoms. The van der Waals surface area contributed by atoms with Gasteiger partial charge in [0, 0.05) is 11.3 Å². The molecule has 0 atom stereocenters. The quantitative estimate of drug-likeness (QED) is 0.537. The topological polar surface area (TPSA) is 39.4 Å². The van der Waals surface area contributed by atoms with E-state index in [0.29, 0.717) is 22.8 Å². The van der Waals surface area contributed by atoms with Crippen molar-refractivity contribution in [3.63, 3.8) is 0 Å². The van der Waals surface area contributed by atoms with Gasteiger partial charge in [-0.3, -0.25) is 0 Å². The number of benzene rings is 2. The molecule has 3 rings (SSSR count). The van der Waals surface area contributed by atoms with Crippen LogP contribution in [0, 0.1) is 0 Å². The number of fused-ring (bicyclic) bond motifs is 1. The summed E-state index contributed by atoms with van der Waals surface area (Å²) in [5.41, 5.74) is 2.27. The van der Waals surface area contributed by atoms with Crippen LogP contribution in [-0.2, 0) is 5.88 Å². The Morgan fingerprint density at radius 1 is 1.14 bits per heavy atom. The second kappa shape index (κ2) is 5.62. The molecule has 3 aromatic rings. The molecule has 1 aromatic heterocycles. The monoisotopic (exact) mass is 300 g/mol. The number of rotatable bonds is 3. The van der Waals surface area contributed by atoms with Gasteiger partial charge < -0.3 is 9.15 Å². The highest BCUT2D eigenvalue weighted by atomic mass is 35.5. The van der Waals surface area contributed by atoms with Crippen molar-refractivity contribution in [2.24, 2.45) is 0 Å². The predicted molar refractivity (Wildman–Crippen MR) is 84.0 cm³/mol. The van der Waals surface area contributed by atoms with Gasteiger partial charge in [-0.1, -0.05) is 36.4 Å². The van der Waals surface area contributed by atoms with E-state index < -0.39 is 5.63 Å². The molecule has 0 aliphatic heterocycles. The lowest BCUT2D eigenvalue weighted by molar-refractivity contribution is 0.407. The van der Waals surface area contributed by atoms with Gasteiger partial charge in [0.2, 0.25) is 0 Å². The number of hydrogen-bond donors (Lipinski definition) is 0. The first-order chi connectivity index (χ1) is 10.2. The van der Waals surface area contributed by atoms with Crippen LogP contribution >= 0.6 is 11.6 Å². The molecule has 0 saturated carbocycles. The Balaban J connectivity index is 2.35.